The largest absolute Gasteiger partial charge is 0.356 e. The highest BCUT2D eigenvalue weighted by Gasteiger charge is 2.27. The summed E-state index contributed by atoms with van der Waals surface area (Å²) >= 11 is 6.09. The molecule has 2 aromatic rings. The summed E-state index contributed by atoms with van der Waals surface area (Å²) in [5, 5.41) is 2.52. The molecule has 1 saturated heterocycles. The van der Waals surface area contributed by atoms with Crippen molar-refractivity contribution in [1.29, 1.82) is 0 Å². The molecule has 5 nitrogen and oxygen atoms in total. The van der Waals surface area contributed by atoms with Gasteiger partial charge in [-0.15, -0.1) is 0 Å². The van der Waals surface area contributed by atoms with Crippen LogP contribution in [0, 0.1) is 5.92 Å². The Bertz CT molecular complexity index is 868. The second kappa shape index (κ2) is 6.48. The summed E-state index contributed by atoms with van der Waals surface area (Å²) < 4.78 is 23.1. The van der Waals surface area contributed by atoms with E-state index >= 15 is 0 Å². The van der Waals surface area contributed by atoms with E-state index in [9.17, 15) is 8.42 Å². The molecule has 1 atom stereocenters. The molecule has 0 spiro atoms. The number of halogens is 1. The Labute approximate surface area is 148 Å². The molecule has 24 heavy (non-hydrogen) atoms. The smallest absolute Gasteiger partial charge is 0.147 e. The lowest BCUT2D eigenvalue weighted by molar-refractivity contribution is 0.577. The van der Waals surface area contributed by atoms with E-state index in [1.54, 1.807) is 6.20 Å². The van der Waals surface area contributed by atoms with Gasteiger partial charge in [0.15, 0.2) is 0 Å². The van der Waals surface area contributed by atoms with Crippen molar-refractivity contribution in [2.45, 2.75) is 26.2 Å². The van der Waals surface area contributed by atoms with Crippen LogP contribution in [0.2, 0.25) is 5.15 Å². The molecule has 7 heteroatoms. The lowest BCUT2D eigenvalue weighted by Crippen LogP contribution is -2.23. The molecule has 3 heterocycles. The first-order valence-electron chi connectivity index (χ1n) is 8.11. The number of anilines is 1. The highest BCUT2D eigenvalue weighted by molar-refractivity contribution is 7.90. The van der Waals surface area contributed by atoms with Gasteiger partial charge in [0, 0.05) is 37.1 Å². The molecule has 1 unspecified atom stereocenters. The van der Waals surface area contributed by atoms with Gasteiger partial charge in [-0.3, -0.25) is 0 Å². The SMILES string of the molecule is CC(C)c1cnc(N2CCC(CS(C)(=O)=O)C2)c2cnc(Cl)cc12. The van der Waals surface area contributed by atoms with Crippen molar-refractivity contribution in [2.24, 2.45) is 5.92 Å². The number of fused-ring (bicyclic) bond motifs is 1. The van der Waals surface area contributed by atoms with Gasteiger partial charge in [0.05, 0.1) is 5.75 Å². The number of hydrogen-bond donors (Lipinski definition) is 0. The van der Waals surface area contributed by atoms with Crippen LogP contribution in [0.15, 0.2) is 18.5 Å². The zero-order valence-corrected chi connectivity index (χ0v) is 15.7. The minimum Gasteiger partial charge on any atom is -0.356 e. The van der Waals surface area contributed by atoms with Crippen molar-refractivity contribution in [2.75, 3.05) is 30.0 Å². The summed E-state index contributed by atoms with van der Waals surface area (Å²) in [7, 11) is -2.96. The predicted molar refractivity (Wildman–Crippen MR) is 98.7 cm³/mol. The molecular weight excluding hydrogens is 346 g/mol. The van der Waals surface area contributed by atoms with Gasteiger partial charge in [0.2, 0.25) is 0 Å². The maximum absolute atomic E-state index is 11.5. The number of sulfone groups is 1. The number of rotatable bonds is 4. The van der Waals surface area contributed by atoms with Crippen molar-refractivity contribution in [3.05, 3.63) is 29.2 Å². The Morgan fingerprint density at radius 3 is 2.71 bits per heavy atom. The zero-order chi connectivity index (χ0) is 17.5. The molecule has 130 valence electrons. The van der Waals surface area contributed by atoms with Crippen LogP contribution in [-0.4, -0.2) is 43.5 Å². The first kappa shape index (κ1) is 17.4. The monoisotopic (exact) mass is 367 g/mol. The first-order valence-corrected chi connectivity index (χ1v) is 10.6. The predicted octanol–water partition coefficient (Wildman–Crippen LogP) is 3.28. The molecule has 1 aliphatic heterocycles. The van der Waals surface area contributed by atoms with E-state index in [-0.39, 0.29) is 11.7 Å². The Kier molecular flexibility index (Phi) is 4.71. The third kappa shape index (κ3) is 3.64. The maximum atomic E-state index is 11.5. The van der Waals surface area contributed by atoms with Crippen LogP contribution in [0.1, 0.15) is 31.7 Å². The second-order valence-electron chi connectivity index (χ2n) is 6.94. The standard InChI is InChI=1S/C17H22ClN3O2S/c1-11(2)14-7-20-17(15-8-19-16(18)6-13(14)15)21-5-4-12(9-21)10-24(3,22)23/h6-8,11-12H,4-5,9-10H2,1-3H3. The average molecular weight is 368 g/mol. The minimum atomic E-state index is -2.96. The quantitative estimate of drug-likeness (QED) is 0.776. The van der Waals surface area contributed by atoms with Crippen molar-refractivity contribution in [3.63, 3.8) is 0 Å². The van der Waals surface area contributed by atoms with Crippen LogP contribution in [0.3, 0.4) is 0 Å². The van der Waals surface area contributed by atoms with E-state index in [1.165, 1.54) is 6.26 Å². The van der Waals surface area contributed by atoms with Crippen LogP contribution in [-0.2, 0) is 9.84 Å². The van der Waals surface area contributed by atoms with Crippen LogP contribution >= 0.6 is 11.6 Å². The molecule has 3 rings (SSSR count). The van der Waals surface area contributed by atoms with Crippen LogP contribution in [0.4, 0.5) is 5.82 Å². The highest BCUT2D eigenvalue weighted by Crippen LogP contribution is 2.34. The van der Waals surface area contributed by atoms with Crippen molar-refractivity contribution < 1.29 is 8.42 Å². The first-order chi connectivity index (χ1) is 11.2. The van der Waals surface area contributed by atoms with Gasteiger partial charge >= 0.3 is 0 Å². The van der Waals surface area contributed by atoms with Gasteiger partial charge in [-0.1, -0.05) is 25.4 Å². The Hall–Kier alpha value is -1.40. The molecule has 0 bridgehead atoms. The fraction of sp³-hybridized carbons (Fsp3) is 0.529. The fourth-order valence-electron chi connectivity index (χ4n) is 3.42. The van der Waals surface area contributed by atoms with Crippen molar-refractivity contribution >= 4 is 38.0 Å². The Morgan fingerprint density at radius 2 is 2.04 bits per heavy atom. The van der Waals surface area contributed by atoms with E-state index in [1.807, 2.05) is 12.3 Å². The number of aromatic nitrogens is 2. The maximum Gasteiger partial charge on any atom is 0.147 e. The fourth-order valence-corrected chi connectivity index (χ4v) is 4.70. The van der Waals surface area contributed by atoms with Crippen LogP contribution in [0.25, 0.3) is 10.8 Å². The molecule has 0 radical (unpaired) electrons. The third-order valence-corrected chi connectivity index (χ3v) is 5.78. The van der Waals surface area contributed by atoms with E-state index in [2.05, 4.69) is 28.7 Å². The average Bonchev–Trinajstić information content (AvgIpc) is 2.91. The molecular formula is C17H22ClN3O2S. The third-order valence-electron chi connectivity index (χ3n) is 4.49. The number of pyridine rings is 2. The van der Waals surface area contributed by atoms with Gasteiger partial charge in [-0.25, -0.2) is 18.4 Å². The molecule has 0 saturated carbocycles. The van der Waals surface area contributed by atoms with Crippen LogP contribution in [0.5, 0.6) is 0 Å². The molecule has 0 amide bonds. The summed E-state index contributed by atoms with van der Waals surface area (Å²) in [5.41, 5.74) is 1.14. The summed E-state index contributed by atoms with van der Waals surface area (Å²) in [6, 6.07) is 1.89. The molecule has 2 aromatic heterocycles. The molecule has 1 fully saturated rings. The van der Waals surface area contributed by atoms with Gasteiger partial charge in [-0.05, 0) is 35.3 Å². The number of nitrogens with zero attached hydrogens (tertiary/aromatic N) is 3. The lowest BCUT2D eigenvalue weighted by Gasteiger charge is -2.21. The van der Waals surface area contributed by atoms with Gasteiger partial charge in [-0.2, -0.15) is 0 Å². The Balaban J connectivity index is 1.98. The van der Waals surface area contributed by atoms with E-state index in [0.29, 0.717) is 17.6 Å². The summed E-state index contributed by atoms with van der Waals surface area (Å²) in [4.78, 5) is 11.0. The zero-order valence-electron chi connectivity index (χ0n) is 14.2. The molecule has 0 N–H and O–H groups in total. The molecule has 0 aromatic carbocycles. The van der Waals surface area contributed by atoms with Crippen molar-refractivity contribution in [3.8, 4) is 0 Å². The topological polar surface area (TPSA) is 63.2 Å². The molecule has 1 aliphatic rings. The summed E-state index contributed by atoms with van der Waals surface area (Å²) in [6.07, 6.45) is 5.84. The Morgan fingerprint density at radius 1 is 1.29 bits per heavy atom. The molecule has 0 aliphatic carbocycles. The van der Waals surface area contributed by atoms with E-state index in [0.717, 1.165) is 35.1 Å². The van der Waals surface area contributed by atoms with Gasteiger partial charge in [0.1, 0.15) is 20.8 Å². The van der Waals surface area contributed by atoms with Gasteiger partial charge in [0.25, 0.3) is 0 Å². The van der Waals surface area contributed by atoms with Crippen LogP contribution < -0.4 is 4.90 Å². The summed E-state index contributed by atoms with van der Waals surface area (Å²) in [6.45, 7) is 5.77. The number of hydrogen-bond acceptors (Lipinski definition) is 5. The van der Waals surface area contributed by atoms with Crippen molar-refractivity contribution in [1.82, 2.24) is 9.97 Å². The minimum absolute atomic E-state index is 0.155. The normalized spacial score (nSPS) is 18.7. The lowest BCUT2D eigenvalue weighted by atomic mass is 9.99. The van der Waals surface area contributed by atoms with E-state index < -0.39 is 9.84 Å². The highest BCUT2D eigenvalue weighted by atomic mass is 35.5. The summed E-state index contributed by atoms with van der Waals surface area (Å²) in [5.74, 6) is 1.59. The van der Waals surface area contributed by atoms with E-state index in [4.69, 9.17) is 11.6 Å². The second-order valence-corrected chi connectivity index (χ2v) is 9.51. The van der Waals surface area contributed by atoms with Gasteiger partial charge < -0.3 is 4.90 Å².